The smallest absolute Gasteiger partial charge is 0.338 e. The van der Waals surface area contributed by atoms with Crippen LogP contribution in [0.25, 0.3) is 0 Å². The maximum atomic E-state index is 10.7. The lowest BCUT2D eigenvalue weighted by molar-refractivity contribution is 0.0696. The number of aromatic carboxylic acids is 1. The first-order chi connectivity index (χ1) is 8.56. The number of hydrogen-bond donors (Lipinski definition) is 1. The molecule has 1 aromatic rings. The van der Waals surface area contributed by atoms with Crippen molar-refractivity contribution in [2.24, 2.45) is 0 Å². The highest BCUT2D eigenvalue weighted by Crippen LogP contribution is 2.12. The summed E-state index contributed by atoms with van der Waals surface area (Å²) in [7, 11) is 0. The van der Waals surface area contributed by atoms with Gasteiger partial charge in [-0.1, -0.05) is 19.8 Å². The fourth-order valence-electron chi connectivity index (χ4n) is 1.70. The summed E-state index contributed by atoms with van der Waals surface area (Å²) in [6, 6.07) is 0.303. The van der Waals surface area contributed by atoms with Gasteiger partial charge in [-0.05, 0) is 20.3 Å². The van der Waals surface area contributed by atoms with E-state index in [1.807, 2.05) is 0 Å². The molecule has 0 aliphatic rings. The van der Waals surface area contributed by atoms with Crippen molar-refractivity contribution in [1.29, 1.82) is 0 Å². The van der Waals surface area contributed by atoms with Gasteiger partial charge in [-0.2, -0.15) is 0 Å². The summed E-state index contributed by atoms with van der Waals surface area (Å²) in [6.07, 6.45) is 6.17. The lowest BCUT2D eigenvalue weighted by Gasteiger charge is -2.26. The molecular formula is C13H21N3O2. The minimum absolute atomic E-state index is 0.121. The molecule has 1 rings (SSSR count). The van der Waals surface area contributed by atoms with Gasteiger partial charge in [0.05, 0.1) is 5.56 Å². The van der Waals surface area contributed by atoms with E-state index in [0.717, 1.165) is 13.0 Å². The second kappa shape index (κ2) is 6.93. The summed E-state index contributed by atoms with van der Waals surface area (Å²) >= 11 is 0. The van der Waals surface area contributed by atoms with Crippen LogP contribution in [0.5, 0.6) is 0 Å². The lowest BCUT2D eigenvalue weighted by Crippen LogP contribution is -2.33. The number of carbonyl (C=O) groups is 1. The Labute approximate surface area is 108 Å². The normalized spacial score (nSPS) is 10.7. The predicted octanol–water partition coefficient (Wildman–Crippen LogP) is 2.58. The van der Waals surface area contributed by atoms with Crippen molar-refractivity contribution in [3.8, 4) is 0 Å². The van der Waals surface area contributed by atoms with Crippen molar-refractivity contribution in [2.45, 2.75) is 46.1 Å². The third-order valence-electron chi connectivity index (χ3n) is 2.77. The zero-order valence-corrected chi connectivity index (χ0v) is 11.3. The average Bonchev–Trinajstić information content (AvgIpc) is 2.34. The second-order valence-electron chi connectivity index (χ2n) is 4.57. The Morgan fingerprint density at radius 1 is 1.33 bits per heavy atom. The first-order valence-corrected chi connectivity index (χ1v) is 6.38. The largest absolute Gasteiger partial charge is 0.478 e. The quantitative estimate of drug-likeness (QED) is 0.754. The van der Waals surface area contributed by atoms with Crippen LogP contribution in [-0.4, -0.2) is 33.6 Å². The molecule has 0 bridgehead atoms. The van der Waals surface area contributed by atoms with E-state index in [-0.39, 0.29) is 5.56 Å². The SMILES string of the molecule is CCCCCN(c1ncc(C(=O)O)cn1)C(C)C. The van der Waals surface area contributed by atoms with Crippen molar-refractivity contribution < 1.29 is 9.90 Å². The monoisotopic (exact) mass is 251 g/mol. The maximum absolute atomic E-state index is 10.7. The van der Waals surface area contributed by atoms with Crippen LogP contribution >= 0.6 is 0 Å². The molecule has 0 saturated heterocycles. The standard InChI is InChI=1S/C13H21N3O2/c1-4-5-6-7-16(10(2)3)13-14-8-11(9-15-13)12(17)18/h8-10H,4-7H2,1-3H3,(H,17,18). The summed E-state index contributed by atoms with van der Waals surface area (Å²) < 4.78 is 0. The molecule has 0 aliphatic carbocycles. The molecule has 1 aromatic heterocycles. The van der Waals surface area contributed by atoms with Gasteiger partial charge in [0, 0.05) is 25.0 Å². The van der Waals surface area contributed by atoms with E-state index in [1.165, 1.54) is 25.2 Å². The molecule has 0 fully saturated rings. The van der Waals surface area contributed by atoms with Crippen LogP contribution in [-0.2, 0) is 0 Å². The Morgan fingerprint density at radius 3 is 2.39 bits per heavy atom. The highest BCUT2D eigenvalue weighted by atomic mass is 16.4. The molecule has 0 radical (unpaired) electrons. The third kappa shape index (κ3) is 3.98. The molecule has 0 spiro atoms. The third-order valence-corrected chi connectivity index (χ3v) is 2.77. The van der Waals surface area contributed by atoms with E-state index in [2.05, 4.69) is 35.6 Å². The van der Waals surface area contributed by atoms with Crippen LogP contribution in [0.15, 0.2) is 12.4 Å². The number of rotatable bonds is 7. The van der Waals surface area contributed by atoms with E-state index < -0.39 is 5.97 Å². The zero-order chi connectivity index (χ0) is 13.5. The number of carboxylic acids is 1. The molecule has 5 heteroatoms. The summed E-state index contributed by atoms with van der Waals surface area (Å²) in [4.78, 5) is 21.1. The second-order valence-corrected chi connectivity index (χ2v) is 4.57. The Balaban J connectivity index is 2.75. The molecule has 0 aromatic carbocycles. The van der Waals surface area contributed by atoms with Gasteiger partial charge in [0.15, 0.2) is 0 Å². The van der Waals surface area contributed by atoms with Crippen LogP contribution in [0, 0.1) is 0 Å². The van der Waals surface area contributed by atoms with E-state index in [1.54, 1.807) is 0 Å². The maximum Gasteiger partial charge on any atom is 0.338 e. The van der Waals surface area contributed by atoms with Crippen molar-refractivity contribution in [3.63, 3.8) is 0 Å². The number of unbranched alkanes of at least 4 members (excludes halogenated alkanes) is 2. The molecule has 0 atom stereocenters. The molecule has 0 unspecified atom stereocenters. The molecule has 0 amide bonds. The van der Waals surface area contributed by atoms with Crippen LogP contribution < -0.4 is 4.90 Å². The molecule has 0 aliphatic heterocycles. The Kier molecular flexibility index (Phi) is 5.55. The summed E-state index contributed by atoms with van der Waals surface area (Å²) in [5.74, 6) is -0.394. The molecule has 5 nitrogen and oxygen atoms in total. The fraction of sp³-hybridized carbons (Fsp3) is 0.615. The van der Waals surface area contributed by atoms with E-state index in [4.69, 9.17) is 5.11 Å². The van der Waals surface area contributed by atoms with Gasteiger partial charge in [0.2, 0.25) is 5.95 Å². The highest BCUT2D eigenvalue weighted by Gasteiger charge is 2.13. The summed E-state index contributed by atoms with van der Waals surface area (Å²) in [5.41, 5.74) is 0.121. The Bertz CT molecular complexity index is 376. The van der Waals surface area contributed by atoms with E-state index >= 15 is 0 Å². The summed E-state index contributed by atoms with van der Waals surface area (Å²) in [5, 5.41) is 8.80. The van der Waals surface area contributed by atoms with Gasteiger partial charge < -0.3 is 10.0 Å². The van der Waals surface area contributed by atoms with Gasteiger partial charge in [-0.25, -0.2) is 14.8 Å². The van der Waals surface area contributed by atoms with Crippen LogP contribution in [0.3, 0.4) is 0 Å². The fourth-order valence-corrected chi connectivity index (χ4v) is 1.70. The van der Waals surface area contributed by atoms with E-state index in [9.17, 15) is 4.79 Å². The molecule has 1 N–H and O–H groups in total. The first-order valence-electron chi connectivity index (χ1n) is 6.38. The number of aromatic nitrogens is 2. The predicted molar refractivity (Wildman–Crippen MR) is 71.0 cm³/mol. The minimum atomic E-state index is -0.997. The van der Waals surface area contributed by atoms with E-state index in [0.29, 0.717) is 12.0 Å². The van der Waals surface area contributed by atoms with Crippen LogP contribution in [0.4, 0.5) is 5.95 Å². The number of carboxylic acid groups (broad SMARTS) is 1. The molecule has 18 heavy (non-hydrogen) atoms. The van der Waals surface area contributed by atoms with Crippen molar-refractivity contribution >= 4 is 11.9 Å². The number of nitrogens with zero attached hydrogens (tertiary/aromatic N) is 3. The van der Waals surface area contributed by atoms with Crippen molar-refractivity contribution in [2.75, 3.05) is 11.4 Å². The van der Waals surface area contributed by atoms with Gasteiger partial charge in [0.25, 0.3) is 0 Å². The highest BCUT2D eigenvalue weighted by molar-refractivity contribution is 5.86. The van der Waals surface area contributed by atoms with Crippen molar-refractivity contribution in [3.05, 3.63) is 18.0 Å². The Hall–Kier alpha value is -1.65. The van der Waals surface area contributed by atoms with Crippen molar-refractivity contribution in [1.82, 2.24) is 9.97 Å². The summed E-state index contributed by atoms with van der Waals surface area (Å²) in [6.45, 7) is 7.23. The van der Waals surface area contributed by atoms with Gasteiger partial charge in [0.1, 0.15) is 0 Å². The lowest BCUT2D eigenvalue weighted by atomic mass is 10.2. The molecule has 100 valence electrons. The Morgan fingerprint density at radius 2 is 1.94 bits per heavy atom. The minimum Gasteiger partial charge on any atom is -0.478 e. The average molecular weight is 251 g/mol. The van der Waals surface area contributed by atoms with Gasteiger partial charge in [-0.3, -0.25) is 0 Å². The molecular weight excluding hydrogens is 230 g/mol. The number of hydrogen-bond acceptors (Lipinski definition) is 4. The van der Waals surface area contributed by atoms with Crippen LogP contribution in [0.2, 0.25) is 0 Å². The van der Waals surface area contributed by atoms with Gasteiger partial charge in [-0.15, -0.1) is 0 Å². The first kappa shape index (κ1) is 14.4. The van der Waals surface area contributed by atoms with Crippen LogP contribution in [0.1, 0.15) is 50.4 Å². The molecule has 0 saturated carbocycles. The molecule has 1 heterocycles. The topological polar surface area (TPSA) is 66.3 Å². The van der Waals surface area contributed by atoms with Gasteiger partial charge >= 0.3 is 5.97 Å². The number of anilines is 1. The zero-order valence-electron chi connectivity index (χ0n) is 11.3.